The molecular weight excluding hydrogens is 265 g/mol. The number of halogens is 1. The number of hydrogen-bond donors (Lipinski definition) is 1. The van der Waals surface area contributed by atoms with Crippen molar-refractivity contribution in [2.75, 3.05) is 32.7 Å². The topological polar surface area (TPSA) is 49.6 Å². The van der Waals surface area contributed by atoms with Crippen molar-refractivity contribution >= 4 is 23.1 Å². The lowest BCUT2D eigenvalue weighted by molar-refractivity contribution is 0.0654. The van der Waals surface area contributed by atoms with Gasteiger partial charge in [-0.2, -0.15) is 0 Å². The number of piperazine rings is 1. The van der Waals surface area contributed by atoms with Crippen LogP contribution >= 0.6 is 12.2 Å². The highest BCUT2D eigenvalue weighted by Gasteiger charge is 2.22. The standard InChI is InChI=1S/C13H16FN3OS/c14-11-3-1-10(2-4-11)13(18)17-7-5-16(6-8-17)9-12(15)19/h1-4H,5-9H2,(H2,15,19). The van der Waals surface area contributed by atoms with Crippen LogP contribution in [-0.4, -0.2) is 53.4 Å². The lowest BCUT2D eigenvalue weighted by atomic mass is 10.2. The fourth-order valence-corrected chi connectivity index (χ4v) is 2.29. The van der Waals surface area contributed by atoms with Gasteiger partial charge in [-0.25, -0.2) is 4.39 Å². The van der Waals surface area contributed by atoms with E-state index in [9.17, 15) is 9.18 Å². The Hall–Kier alpha value is -1.53. The van der Waals surface area contributed by atoms with Gasteiger partial charge in [0.2, 0.25) is 0 Å². The summed E-state index contributed by atoms with van der Waals surface area (Å²) in [6.45, 7) is 3.38. The normalized spacial score (nSPS) is 16.4. The maximum atomic E-state index is 12.8. The van der Waals surface area contributed by atoms with E-state index in [1.54, 1.807) is 4.90 Å². The third-order valence-electron chi connectivity index (χ3n) is 3.13. The molecule has 1 aliphatic heterocycles. The summed E-state index contributed by atoms with van der Waals surface area (Å²) < 4.78 is 12.8. The van der Waals surface area contributed by atoms with Gasteiger partial charge in [0.15, 0.2) is 0 Å². The smallest absolute Gasteiger partial charge is 0.253 e. The quantitative estimate of drug-likeness (QED) is 0.835. The third-order valence-corrected chi connectivity index (χ3v) is 3.26. The van der Waals surface area contributed by atoms with Crippen LogP contribution in [0.1, 0.15) is 10.4 Å². The Morgan fingerprint density at radius 2 is 1.79 bits per heavy atom. The summed E-state index contributed by atoms with van der Waals surface area (Å²) >= 11 is 4.87. The van der Waals surface area contributed by atoms with E-state index in [2.05, 4.69) is 4.90 Å². The Bertz CT molecular complexity index is 469. The van der Waals surface area contributed by atoms with E-state index in [-0.39, 0.29) is 11.7 Å². The van der Waals surface area contributed by atoms with Crippen LogP contribution in [0.4, 0.5) is 4.39 Å². The summed E-state index contributed by atoms with van der Waals surface area (Å²) in [6.07, 6.45) is 0. The van der Waals surface area contributed by atoms with Gasteiger partial charge in [-0.05, 0) is 24.3 Å². The molecule has 1 aromatic carbocycles. The van der Waals surface area contributed by atoms with Gasteiger partial charge < -0.3 is 10.6 Å². The number of hydrogen-bond acceptors (Lipinski definition) is 3. The minimum absolute atomic E-state index is 0.0602. The van der Waals surface area contributed by atoms with E-state index in [1.807, 2.05) is 0 Å². The summed E-state index contributed by atoms with van der Waals surface area (Å²) in [4.78, 5) is 16.5. The Kier molecular flexibility index (Phi) is 4.44. The first-order valence-electron chi connectivity index (χ1n) is 6.12. The minimum Gasteiger partial charge on any atom is -0.392 e. The fourth-order valence-electron chi connectivity index (χ4n) is 2.10. The zero-order valence-electron chi connectivity index (χ0n) is 10.5. The van der Waals surface area contributed by atoms with E-state index in [0.29, 0.717) is 30.2 Å². The van der Waals surface area contributed by atoms with Crippen molar-refractivity contribution < 1.29 is 9.18 Å². The van der Waals surface area contributed by atoms with Gasteiger partial charge in [0.1, 0.15) is 5.82 Å². The van der Waals surface area contributed by atoms with Crippen LogP contribution in [-0.2, 0) is 0 Å². The molecule has 2 rings (SSSR count). The van der Waals surface area contributed by atoms with Gasteiger partial charge in [0.05, 0.1) is 4.99 Å². The number of thiocarbonyl (C=S) groups is 1. The number of amides is 1. The van der Waals surface area contributed by atoms with E-state index < -0.39 is 0 Å². The van der Waals surface area contributed by atoms with Crippen LogP contribution < -0.4 is 5.73 Å². The van der Waals surface area contributed by atoms with E-state index in [1.165, 1.54) is 24.3 Å². The molecule has 6 heteroatoms. The molecule has 19 heavy (non-hydrogen) atoms. The Morgan fingerprint density at radius 1 is 1.21 bits per heavy atom. The number of carbonyl (C=O) groups excluding carboxylic acids is 1. The molecular formula is C13H16FN3OS. The maximum absolute atomic E-state index is 12.8. The lowest BCUT2D eigenvalue weighted by Crippen LogP contribution is -2.50. The summed E-state index contributed by atoms with van der Waals surface area (Å²) in [7, 11) is 0. The van der Waals surface area contributed by atoms with Crippen LogP contribution in [0.2, 0.25) is 0 Å². The van der Waals surface area contributed by atoms with E-state index in [0.717, 1.165) is 13.1 Å². The van der Waals surface area contributed by atoms with Crippen molar-refractivity contribution in [3.05, 3.63) is 35.6 Å². The molecule has 1 amide bonds. The summed E-state index contributed by atoms with van der Waals surface area (Å²) in [5.74, 6) is -0.396. The summed E-state index contributed by atoms with van der Waals surface area (Å²) in [5.41, 5.74) is 6.01. The average molecular weight is 281 g/mol. The highest BCUT2D eigenvalue weighted by Crippen LogP contribution is 2.09. The average Bonchev–Trinajstić information content (AvgIpc) is 2.39. The highest BCUT2D eigenvalue weighted by molar-refractivity contribution is 7.80. The fraction of sp³-hybridized carbons (Fsp3) is 0.385. The molecule has 102 valence electrons. The summed E-state index contributed by atoms with van der Waals surface area (Å²) in [5, 5.41) is 0. The molecule has 0 atom stereocenters. The van der Waals surface area contributed by atoms with Crippen LogP contribution in [0, 0.1) is 5.82 Å². The van der Waals surface area contributed by atoms with Crippen LogP contribution in [0.3, 0.4) is 0 Å². The molecule has 0 aromatic heterocycles. The number of nitrogens with two attached hydrogens (primary N) is 1. The number of nitrogens with zero attached hydrogens (tertiary/aromatic N) is 2. The van der Waals surface area contributed by atoms with Crippen LogP contribution in [0.25, 0.3) is 0 Å². The number of rotatable bonds is 3. The van der Waals surface area contributed by atoms with Crippen molar-refractivity contribution in [2.24, 2.45) is 5.73 Å². The Balaban J connectivity index is 1.92. The van der Waals surface area contributed by atoms with Gasteiger partial charge >= 0.3 is 0 Å². The minimum atomic E-state index is -0.335. The second-order valence-electron chi connectivity index (χ2n) is 4.54. The third kappa shape index (κ3) is 3.71. The lowest BCUT2D eigenvalue weighted by Gasteiger charge is -2.34. The molecule has 1 aliphatic rings. The van der Waals surface area contributed by atoms with E-state index in [4.69, 9.17) is 18.0 Å². The first kappa shape index (κ1) is 13.9. The maximum Gasteiger partial charge on any atom is 0.253 e. The van der Waals surface area contributed by atoms with Crippen LogP contribution in [0.5, 0.6) is 0 Å². The molecule has 0 bridgehead atoms. The molecule has 0 unspecified atom stereocenters. The second-order valence-corrected chi connectivity index (χ2v) is 5.07. The van der Waals surface area contributed by atoms with Gasteiger partial charge in [0, 0.05) is 38.3 Å². The van der Waals surface area contributed by atoms with Crippen molar-refractivity contribution in [1.82, 2.24) is 9.80 Å². The molecule has 0 saturated carbocycles. The first-order chi connectivity index (χ1) is 9.06. The van der Waals surface area contributed by atoms with Crippen molar-refractivity contribution in [3.8, 4) is 0 Å². The molecule has 0 spiro atoms. The molecule has 4 nitrogen and oxygen atoms in total. The number of carbonyl (C=O) groups is 1. The Morgan fingerprint density at radius 3 is 2.32 bits per heavy atom. The second kappa shape index (κ2) is 6.08. The van der Waals surface area contributed by atoms with Crippen molar-refractivity contribution in [2.45, 2.75) is 0 Å². The van der Waals surface area contributed by atoms with Crippen molar-refractivity contribution in [3.63, 3.8) is 0 Å². The molecule has 0 radical (unpaired) electrons. The molecule has 2 N–H and O–H groups in total. The molecule has 1 fully saturated rings. The first-order valence-corrected chi connectivity index (χ1v) is 6.52. The largest absolute Gasteiger partial charge is 0.392 e. The van der Waals surface area contributed by atoms with Crippen LogP contribution in [0.15, 0.2) is 24.3 Å². The van der Waals surface area contributed by atoms with Gasteiger partial charge in [-0.15, -0.1) is 0 Å². The monoisotopic (exact) mass is 281 g/mol. The summed E-state index contributed by atoms with van der Waals surface area (Å²) in [6, 6.07) is 5.63. The zero-order chi connectivity index (χ0) is 13.8. The SMILES string of the molecule is NC(=S)CN1CCN(C(=O)c2ccc(F)cc2)CC1. The molecule has 1 aromatic rings. The van der Waals surface area contributed by atoms with Crippen molar-refractivity contribution in [1.29, 1.82) is 0 Å². The molecule has 1 heterocycles. The molecule has 1 saturated heterocycles. The zero-order valence-corrected chi connectivity index (χ0v) is 11.3. The Labute approximate surface area is 117 Å². The predicted molar refractivity (Wildman–Crippen MR) is 75.5 cm³/mol. The van der Waals surface area contributed by atoms with E-state index >= 15 is 0 Å². The van der Waals surface area contributed by atoms with Gasteiger partial charge in [0.25, 0.3) is 5.91 Å². The highest BCUT2D eigenvalue weighted by atomic mass is 32.1. The van der Waals surface area contributed by atoms with Gasteiger partial charge in [-0.1, -0.05) is 12.2 Å². The van der Waals surface area contributed by atoms with Gasteiger partial charge in [-0.3, -0.25) is 9.69 Å². The molecule has 0 aliphatic carbocycles. The predicted octanol–water partition coefficient (Wildman–Crippen LogP) is 0.870. The number of benzene rings is 1.